The summed E-state index contributed by atoms with van der Waals surface area (Å²) in [5.74, 6) is 2.11. The zero-order valence-electron chi connectivity index (χ0n) is 20.3. The number of nitrogens with two attached hydrogens (primary N) is 1. The Morgan fingerprint density at radius 1 is 1.14 bits per heavy atom. The van der Waals surface area contributed by atoms with E-state index >= 15 is 0 Å². The number of allylic oxidation sites excluding steroid dienone is 3. The molecule has 0 saturated heterocycles. The first-order valence-electron chi connectivity index (χ1n) is 12.4. The molecular weight excluding hydrogens is 459 g/mol. The second-order valence-corrected chi connectivity index (χ2v) is 12.7. The van der Waals surface area contributed by atoms with Crippen LogP contribution in [0.2, 0.25) is 0 Å². The van der Waals surface area contributed by atoms with Crippen molar-refractivity contribution in [3.8, 4) is 5.88 Å². The zero-order chi connectivity index (χ0) is 24.6. The van der Waals surface area contributed by atoms with Crippen LogP contribution < -0.4 is 15.8 Å². The molecule has 8 heteroatoms. The fourth-order valence-electron chi connectivity index (χ4n) is 5.58. The molecule has 2 heterocycles. The maximum absolute atomic E-state index is 12.9. The van der Waals surface area contributed by atoms with E-state index in [0.717, 1.165) is 43.4 Å². The number of rotatable bonds is 5. The van der Waals surface area contributed by atoms with Gasteiger partial charge in [0, 0.05) is 11.5 Å². The summed E-state index contributed by atoms with van der Waals surface area (Å²) < 4.78 is 19.0. The quantitative estimate of drug-likeness (QED) is 0.555. The van der Waals surface area contributed by atoms with Gasteiger partial charge >= 0.3 is 0 Å². The molecule has 2 aliphatic carbocycles. The Bertz CT molecular complexity index is 1230. The van der Waals surface area contributed by atoms with Gasteiger partial charge in [0.15, 0.2) is 11.5 Å². The smallest absolute Gasteiger partial charge is 0.246 e. The minimum Gasteiger partial charge on any atom is -0.463 e. The lowest BCUT2D eigenvalue weighted by atomic mass is 9.73. The maximum Gasteiger partial charge on any atom is 0.246 e. The third-order valence-electron chi connectivity index (χ3n) is 7.53. The van der Waals surface area contributed by atoms with Crippen molar-refractivity contribution in [2.75, 3.05) is 11.9 Å². The van der Waals surface area contributed by atoms with Crippen molar-refractivity contribution in [3.63, 3.8) is 0 Å². The topological polar surface area (TPSA) is 111 Å². The molecule has 35 heavy (non-hydrogen) atoms. The van der Waals surface area contributed by atoms with E-state index in [9.17, 15) is 9.46 Å². The average molecular weight is 493 g/mol. The van der Waals surface area contributed by atoms with Gasteiger partial charge in [-0.05, 0) is 81.4 Å². The molecule has 5 rings (SSSR count). The molecule has 1 saturated carbocycles. The summed E-state index contributed by atoms with van der Waals surface area (Å²) in [5.41, 5.74) is 7.78. The Balaban J connectivity index is 1.21. The first-order chi connectivity index (χ1) is 16.7. The number of aliphatic imine (C=N–C) groups is 1. The predicted molar refractivity (Wildman–Crippen MR) is 140 cm³/mol. The molecule has 0 amide bonds. The highest BCUT2D eigenvalue weighted by atomic mass is 31.2. The second-order valence-electron chi connectivity index (χ2n) is 10.4. The Morgan fingerprint density at radius 2 is 1.89 bits per heavy atom. The van der Waals surface area contributed by atoms with Crippen LogP contribution in [0.3, 0.4) is 0 Å². The van der Waals surface area contributed by atoms with E-state index < -0.39 is 13.0 Å². The fourth-order valence-corrected chi connectivity index (χ4v) is 7.50. The summed E-state index contributed by atoms with van der Waals surface area (Å²) in [6.07, 6.45) is 13.6. The molecule has 7 nitrogen and oxygen atoms in total. The molecule has 0 bridgehead atoms. The van der Waals surface area contributed by atoms with Gasteiger partial charge in [0.1, 0.15) is 11.9 Å². The molecule has 184 valence electrons. The van der Waals surface area contributed by atoms with Crippen LogP contribution in [0, 0.1) is 17.8 Å². The van der Waals surface area contributed by atoms with Crippen molar-refractivity contribution in [1.29, 1.82) is 0 Å². The monoisotopic (exact) mass is 492 g/mol. The molecule has 0 spiro atoms. The zero-order valence-corrected chi connectivity index (χ0v) is 21.2. The van der Waals surface area contributed by atoms with E-state index in [0.29, 0.717) is 46.6 Å². The Kier molecular flexibility index (Phi) is 6.41. The van der Waals surface area contributed by atoms with Crippen molar-refractivity contribution < 1.29 is 14.2 Å². The number of hydrogen-bond donors (Lipinski definition) is 2. The number of ether oxygens (including phenoxy) is 1. The molecule has 1 aromatic heterocycles. The van der Waals surface area contributed by atoms with Crippen LogP contribution in [0.15, 0.2) is 65.5 Å². The second kappa shape index (κ2) is 9.36. The molecule has 2 aromatic rings. The third-order valence-corrected chi connectivity index (χ3v) is 9.65. The van der Waals surface area contributed by atoms with Gasteiger partial charge in [-0.3, -0.25) is 4.57 Å². The normalized spacial score (nSPS) is 27.1. The van der Waals surface area contributed by atoms with Gasteiger partial charge in [0.2, 0.25) is 13.2 Å². The predicted octanol–water partition coefficient (Wildman–Crippen LogP) is 5.21. The lowest BCUT2D eigenvalue weighted by Gasteiger charge is -2.35. The first-order valence-corrected chi connectivity index (χ1v) is 14.2. The minimum atomic E-state index is -3.29. The van der Waals surface area contributed by atoms with Crippen LogP contribution in [0.5, 0.6) is 5.88 Å². The Hall–Kier alpha value is -2.76. The standard InChI is InChI=1S/C27H33N4O3P/c1-27(2)24(31-23-25(28)29-17-30-26(23)34-27)21-14-12-20(13-15-21)19-10-8-18(9-11-19)16-35(32,33)22-6-4-3-5-7-22/h3-7,12,14-15,17-20H,8-11,13,16H2,1-2H3,(H,32,33)(H2,28,29,30). The summed E-state index contributed by atoms with van der Waals surface area (Å²) >= 11 is 0. The molecule has 2 unspecified atom stereocenters. The highest BCUT2D eigenvalue weighted by molar-refractivity contribution is 7.66. The van der Waals surface area contributed by atoms with Gasteiger partial charge in [-0.25, -0.2) is 9.98 Å². The molecule has 1 aromatic carbocycles. The largest absolute Gasteiger partial charge is 0.463 e. The molecule has 2 atom stereocenters. The fraction of sp³-hybridized carbons (Fsp3) is 0.444. The number of fused-ring (bicyclic) bond motifs is 1. The van der Waals surface area contributed by atoms with Gasteiger partial charge in [-0.2, -0.15) is 4.98 Å². The molecular formula is C27H33N4O3P. The van der Waals surface area contributed by atoms with Crippen LogP contribution in [0.4, 0.5) is 11.5 Å². The van der Waals surface area contributed by atoms with Crippen molar-refractivity contribution in [3.05, 3.63) is 60.5 Å². The summed E-state index contributed by atoms with van der Waals surface area (Å²) in [6, 6.07) is 9.09. The van der Waals surface area contributed by atoms with Crippen LogP contribution >= 0.6 is 7.37 Å². The van der Waals surface area contributed by atoms with E-state index in [1.54, 1.807) is 12.1 Å². The maximum atomic E-state index is 12.9. The van der Waals surface area contributed by atoms with E-state index in [4.69, 9.17) is 15.5 Å². The SMILES string of the molecule is CC1(C)Oc2ncnc(N)c2N=C1C1=CCC(C2CCC(CP(=O)(O)c3ccccc3)CC2)C=C1. The van der Waals surface area contributed by atoms with Crippen molar-refractivity contribution in [2.24, 2.45) is 22.7 Å². The van der Waals surface area contributed by atoms with Crippen LogP contribution in [-0.4, -0.2) is 32.3 Å². The molecule has 3 N–H and O–H groups in total. The van der Waals surface area contributed by atoms with Crippen LogP contribution in [-0.2, 0) is 4.57 Å². The number of aromatic nitrogens is 2. The Labute approximate surface area is 206 Å². The average Bonchev–Trinajstić information content (AvgIpc) is 2.84. The lowest BCUT2D eigenvalue weighted by molar-refractivity contribution is 0.171. The highest BCUT2D eigenvalue weighted by Gasteiger charge is 2.37. The minimum absolute atomic E-state index is 0.309. The summed E-state index contributed by atoms with van der Waals surface area (Å²) in [5, 5.41) is 0.573. The van der Waals surface area contributed by atoms with E-state index in [2.05, 4.69) is 28.2 Å². The van der Waals surface area contributed by atoms with E-state index in [1.165, 1.54) is 6.33 Å². The van der Waals surface area contributed by atoms with Gasteiger partial charge in [-0.1, -0.05) is 36.4 Å². The third kappa shape index (κ3) is 4.98. The van der Waals surface area contributed by atoms with Crippen molar-refractivity contribution in [1.82, 2.24) is 9.97 Å². The molecule has 1 fully saturated rings. The number of benzene rings is 1. The van der Waals surface area contributed by atoms with Crippen LogP contribution in [0.1, 0.15) is 46.0 Å². The summed E-state index contributed by atoms with van der Waals surface area (Å²) in [6.45, 7) is 3.98. The number of nitrogen functional groups attached to an aromatic ring is 1. The van der Waals surface area contributed by atoms with Crippen molar-refractivity contribution in [2.45, 2.75) is 51.6 Å². The van der Waals surface area contributed by atoms with Gasteiger partial charge in [0.25, 0.3) is 0 Å². The number of anilines is 1. The first kappa shape index (κ1) is 24.0. The van der Waals surface area contributed by atoms with Gasteiger partial charge in [-0.15, -0.1) is 0 Å². The number of hydrogen-bond acceptors (Lipinski definition) is 6. The van der Waals surface area contributed by atoms with Gasteiger partial charge < -0.3 is 15.4 Å². The van der Waals surface area contributed by atoms with E-state index in [-0.39, 0.29) is 0 Å². The van der Waals surface area contributed by atoms with Crippen LogP contribution in [0.25, 0.3) is 0 Å². The number of nitrogens with zero attached hydrogens (tertiary/aromatic N) is 3. The Morgan fingerprint density at radius 3 is 2.57 bits per heavy atom. The lowest BCUT2D eigenvalue weighted by Crippen LogP contribution is -2.41. The molecule has 1 aliphatic heterocycles. The summed E-state index contributed by atoms with van der Waals surface area (Å²) in [4.78, 5) is 23.7. The highest BCUT2D eigenvalue weighted by Crippen LogP contribution is 2.47. The molecule has 0 radical (unpaired) electrons. The van der Waals surface area contributed by atoms with E-state index in [1.807, 2.05) is 32.0 Å². The van der Waals surface area contributed by atoms with Gasteiger partial charge in [0.05, 0.1) is 5.71 Å². The van der Waals surface area contributed by atoms with Crippen molar-refractivity contribution >= 4 is 29.9 Å². The molecule has 3 aliphatic rings. The summed E-state index contributed by atoms with van der Waals surface area (Å²) in [7, 11) is -3.29.